The summed E-state index contributed by atoms with van der Waals surface area (Å²) in [6, 6.07) is 4.37. The van der Waals surface area contributed by atoms with Gasteiger partial charge in [-0.2, -0.15) is 0 Å². The normalized spacial score (nSPS) is 15.4. The maximum absolute atomic E-state index is 12.5. The number of fused-ring (bicyclic) bond motifs is 1. The van der Waals surface area contributed by atoms with Crippen molar-refractivity contribution in [1.82, 2.24) is 19.4 Å². The van der Waals surface area contributed by atoms with Crippen LogP contribution in [-0.4, -0.2) is 52.0 Å². The summed E-state index contributed by atoms with van der Waals surface area (Å²) in [4.78, 5) is 25.8. The minimum atomic E-state index is 0.0000441. The van der Waals surface area contributed by atoms with Gasteiger partial charge in [0.25, 0.3) is 5.91 Å². The first kappa shape index (κ1) is 18.9. The molecule has 0 atom stereocenters. The van der Waals surface area contributed by atoms with Crippen molar-refractivity contribution in [3.05, 3.63) is 41.5 Å². The Morgan fingerprint density at radius 2 is 2.04 bits per heavy atom. The van der Waals surface area contributed by atoms with Crippen molar-refractivity contribution in [3.8, 4) is 0 Å². The van der Waals surface area contributed by atoms with Gasteiger partial charge in [0.1, 0.15) is 5.69 Å². The number of thiazole rings is 1. The lowest BCUT2D eigenvalue weighted by Crippen LogP contribution is -2.39. The fourth-order valence-corrected chi connectivity index (χ4v) is 4.92. The molecule has 1 aromatic carbocycles. The lowest BCUT2D eigenvalue weighted by molar-refractivity contribution is 0.0759. The van der Waals surface area contributed by atoms with E-state index in [4.69, 9.17) is 4.98 Å². The van der Waals surface area contributed by atoms with Crippen LogP contribution in [-0.2, 0) is 7.05 Å². The number of rotatable bonds is 4. The van der Waals surface area contributed by atoms with Gasteiger partial charge >= 0.3 is 0 Å². The van der Waals surface area contributed by atoms with Gasteiger partial charge in [-0.15, -0.1) is 0 Å². The number of anilines is 1. The van der Waals surface area contributed by atoms with Crippen molar-refractivity contribution in [2.75, 3.05) is 31.6 Å². The zero-order valence-corrected chi connectivity index (χ0v) is 17.8. The standard InChI is InChI=1S/C21H27N5OS/c1-14-5-6-18-19(15(14)2)23-21(28-18)26-9-7-16(8-10-26)11-25(4)20(27)17-12-24(3)13-22-17/h5-6,12-13,16H,7-11H2,1-4H3. The highest BCUT2D eigenvalue weighted by atomic mass is 32.1. The van der Waals surface area contributed by atoms with Gasteiger partial charge in [0, 0.05) is 39.9 Å². The van der Waals surface area contributed by atoms with Crippen LogP contribution < -0.4 is 4.90 Å². The lowest BCUT2D eigenvalue weighted by atomic mass is 9.96. The minimum Gasteiger partial charge on any atom is -0.348 e. The highest BCUT2D eigenvalue weighted by Crippen LogP contribution is 2.33. The Morgan fingerprint density at radius 3 is 2.71 bits per heavy atom. The zero-order valence-electron chi connectivity index (χ0n) is 17.0. The summed E-state index contributed by atoms with van der Waals surface area (Å²) in [5, 5.41) is 1.13. The Labute approximate surface area is 169 Å². The van der Waals surface area contributed by atoms with Crippen LogP contribution in [0.5, 0.6) is 0 Å². The lowest BCUT2D eigenvalue weighted by Gasteiger charge is -2.33. The van der Waals surface area contributed by atoms with Gasteiger partial charge in [-0.05, 0) is 49.8 Å². The summed E-state index contributed by atoms with van der Waals surface area (Å²) in [6.45, 7) is 7.06. The molecule has 1 amide bonds. The van der Waals surface area contributed by atoms with E-state index in [0.717, 1.165) is 43.1 Å². The molecule has 1 aliphatic heterocycles. The third-order valence-electron chi connectivity index (χ3n) is 5.76. The van der Waals surface area contributed by atoms with Gasteiger partial charge in [0.15, 0.2) is 5.13 Å². The maximum Gasteiger partial charge on any atom is 0.273 e. The summed E-state index contributed by atoms with van der Waals surface area (Å²) < 4.78 is 3.07. The monoisotopic (exact) mass is 397 g/mol. The van der Waals surface area contributed by atoms with Crippen molar-refractivity contribution >= 4 is 32.6 Å². The molecule has 0 saturated carbocycles. The van der Waals surface area contributed by atoms with E-state index in [2.05, 4.69) is 35.9 Å². The van der Waals surface area contributed by atoms with Crippen LogP contribution in [0.25, 0.3) is 10.2 Å². The summed E-state index contributed by atoms with van der Waals surface area (Å²) in [6.07, 6.45) is 5.60. The minimum absolute atomic E-state index is 0.0000441. The number of carbonyl (C=O) groups is 1. The highest BCUT2D eigenvalue weighted by molar-refractivity contribution is 7.22. The molecule has 2 aromatic heterocycles. The molecule has 0 spiro atoms. The Bertz CT molecular complexity index is 1000. The van der Waals surface area contributed by atoms with Crippen LogP contribution in [0.1, 0.15) is 34.5 Å². The predicted molar refractivity (Wildman–Crippen MR) is 114 cm³/mol. The first-order valence-corrected chi connectivity index (χ1v) is 10.6. The third kappa shape index (κ3) is 3.63. The quantitative estimate of drug-likeness (QED) is 0.675. The SMILES string of the molecule is Cc1ccc2sc(N3CCC(CN(C)C(=O)c4cn(C)cn4)CC3)nc2c1C. The molecule has 0 radical (unpaired) electrons. The summed E-state index contributed by atoms with van der Waals surface area (Å²) in [5.74, 6) is 0.521. The smallest absolute Gasteiger partial charge is 0.273 e. The molecule has 0 bridgehead atoms. The van der Waals surface area contributed by atoms with Crippen LogP contribution in [0.15, 0.2) is 24.7 Å². The van der Waals surface area contributed by atoms with E-state index in [-0.39, 0.29) is 5.91 Å². The fraction of sp³-hybridized carbons (Fsp3) is 0.476. The fourth-order valence-electron chi connectivity index (χ4n) is 3.85. The van der Waals surface area contributed by atoms with Gasteiger partial charge in [-0.25, -0.2) is 9.97 Å². The largest absolute Gasteiger partial charge is 0.348 e. The molecule has 1 fully saturated rings. The van der Waals surface area contributed by atoms with Crippen molar-refractivity contribution < 1.29 is 4.79 Å². The van der Waals surface area contributed by atoms with Crippen LogP contribution in [0, 0.1) is 19.8 Å². The van der Waals surface area contributed by atoms with Crippen LogP contribution in [0.2, 0.25) is 0 Å². The van der Waals surface area contributed by atoms with Crippen LogP contribution in [0.4, 0.5) is 5.13 Å². The number of piperidine rings is 1. The molecule has 6 nitrogen and oxygen atoms in total. The number of imidazole rings is 1. The molecule has 28 heavy (non-hydrogen) atoms. The molecular formula is C21H27N5OS. The number of nitrogens with zero attached hydrogens (tertiary/aromatic N) is 5. The molecule has 7 heteroatoms. The van der Waals surface area contributed by atoms with Crippen molar-refractivity contribution in [2.24, 2.45) is 13.0 Å². The molecular weight excluding hydrogens is 370 g/mol. The predicted octanol–water partition coefficient (Wildman–Crippen LogP) is 3.64. The van der Waals surface area contributed by atoms with Gasteiger partial charge < -0.3 is 14.4 Å². The van der Waals surface area contributed by atoms with E-state index in [0.29, 0.717) is 11.6 Å². The number of hydrogen-bond donors (Lipinski definition) is 0. The molecule has 3 heterocycles. The van der Waals surface area contributed by atoms with Crippen molar-refractivity contribution in [2.45, 2.75) is 26.7 Å². The molecule has 0 unspecified atom stereocenters. The van der Waals surface area contributed by atoms with E-state index >= 15 is 0 Å². The average molecular weight is 398 g/mol. The maximum atomic E-state index is 12.5. The van der Waals surface area contributed by atoms with Crippen LogP contribution in [0.3, 0.4) is 0 Å². The number of carbonyl (C=O) groups excluding carboxylic acids is 1. The zero-order chi connectivity index (χ0) is 19.8. The summed E-state index contributed by atoms with van der Waals surface area (Å²) in [5.41, 5.74) is 4.23. The van der Waals surface area contributed by atoms with Crippen molar-refractivity contribution in [1.29, 1.82) is 0 Å². The van der Waals surface area contributed by atoms with E-state index in [1.54, 1.807) is 28.4 Å². The molecule has 0 N–H and O–H groups in total. The second-order valence-corrected chi connectivity index (χ2v) is 8.90. The number of aryl methyl sites for hydroxylation is 3. The Morgan fingerprint density at radius 1 is 1.29 bits per heavy atom. The third-order valence-corrected chi connectivity index (χ3v) is 6.84. The summed E-state index contributed by atoms with van der Waals surface area (Å²) in [7, 11) is 3.76. The topological polar surface area (TPSA) is 54.3 Å². The Balaban J connectivity index is 1.37. The molecule has 3 aromatic rings. The number of aromatic nitrogens is 3. The second kappa shape index (κ2) is 7.54. The van der Waals surface area contributed by atoms with E-state index in [1.807, 2.05) is 19.0 Å². The van der Waals surface area contributed by atoms with Gasteiger partial charge in [-0.3, -0.25) is 4.79 Å². The molecule has 0 aliphatic carbocycles. The van der Waals surface area contributed by atoms with Gasteiger partial charge in [-0.1, -0.05) is 17.4 Å². The van der Waals surface area contributed by atoms with Crippen LogP contribution >= 0.6 is 11.3 Å². The first-order valence-electron chi connectivity index (χ1n) is 9.77. The highest BCUT2D eigenvalue weighted by Gasteiger charge is 2.25. The number of hydrogen-bond acceptors (Lipinski definition) is 5. The Hall–Kier alpha value is -2.41. The average Bonchev–Trinajstić information content (AvgIpc) is 3.31. The summed E-state index contributed by atoms with van der Waals surface area (Å²) >= 11 is 1.79. The molecule has 1 saturated heterocycles. The molecule has 1 aliphatic rings. The van der Waals surface area contributed by atoms with E-state index < -0.39 is 0 Å². The Kier molecular flexibility index (Phi) is 5.10. The first-order chi connectivity index (χ1) is 13.4. The second-order valence-electron chi connectivity index (χ2n) is 7.89. The number of amides is 1. The molecule has 4 rings (SSSR count). The van der Waals surface area contributed by atoms with Gasteiger partial charge in [0.05, 0.1) is 16.5 Å². The van der Waals surface area contributed by atoms with Crippen molar-refractivity contribution in [3.63, 3.8) is 0 Å². The molecule has 148 valence electrons. The number of benzene rings is 1. The van der Waals surface area contributed by atoms with E-state index in [9.17, 15) is 4.79 Å². The van der Waals surface area contributed by atoms with Gasteiger partial charge in [0.2, 0.25) is 0 Å². The van der Waals surface area contributed by atoms with E-state index in [1.165, 1.54) is 15.8 Å².